The van der Waals surface area contributed by atoms with Crippen LogP contribution in [0.3, 0.4) is 0 Å². The lowest BCUT2D eigenvalue weighted by Gasteiger charge is -2.19. The Labute approximate surface area is 150 Å². The van der Waals surface area contributed by atoms with Crippen LogP contribution in [0.2, 0.25) is 0 Å². The number of nitrogens with one attached hydrogen (secondary N) is 1. The third kappa shape index (κ3) is 5.41. The fourth-order valence-corrected chi connectivity index (χ4v) is 2.65. The van der Waals surface area contributed by atoms with Gasteiger partial charge < -0.3 is 10.4 Å². The van der Waals surface area contributed by atoms with Gasteiger partial charge in [-0.15, -0.1) is 0 Å². The molecule has 0 heterocycles. The molecule has 2 rings (SSSR count). The number of rotatable bonds is 8. The van der Waals surface area contributed by atoms with Crippen LogP contribution in [0.25, 0.3) is 0 Å². The van der Waals surface area contributed by atoms with E-state index in [1.165, 1.54) is 18.2 Å². The van der Waals surface area contributed by atoms with E-state index in [2.05, 4.69) is 5.32 Å². The first-order valence-electron chi connectivity index (χ1n) is 8.18. The Kier molecular flexibility index (Phi) is 6.43. The van der Waals surface area contributed by atoms with Crippen LogP contribution in [-0.4, -0.2) is 27.9 Å². The predicted octanol–water partition coefficient (Wildman–Crippen LogP) is 3.11. The summed E-state index contributed by atoms with van der Waals surface area (Å²) in [5, 5.41) is 22.7. The van der Waals surface area contributed by atoms with Crippen LogP contribution in [0.5, 0.6) is 0 Å². The molecule has 1 atom stereocenters. The number of carboxylic acid groups (broad SMARTS) is 1. The molecule has 2 aromatic rings. The first kappa shape index (κ1) is 19.1. The molecule has 0 aliphatic carbocycles. The van der Waals surface area contributed by atoms with Gasteiger partial charge in [-0.2, -0.15) is 0 Å². The summed E-state index contributed by atoms with van der Waals surface area (Å²) >= 11 is 0. The van der Waals surface area contributed by atoms with Crippen molar-refractivity contribution >= 4 is 17.6 Å². The maximum absolute atomic E-state index is 12.6. The van der Waals surface area contributed by atoms with Gasteiger partial charge in [0.1, 0.15) is 0 Å². The van der Waals surface area contributed by atoms with Crippen molar-refractivity contribution in [1.82, 2.24) is 5.32 Å². The second-order valence-corrected chi connectivity index (χ2v) is 6.05. The number of non-ortho nitro benzene ring substituents is 1. The normalized spacial score (nSPS) is 11.6. The molecule has 2 N–H and O–H groups in total. The van der Waals surface area contributed by atoms with Crippen molar-refractivity contribution in [2.75, 3.05) is 0 Å². The van der Waals surface area contributed by atoms with Crippen molar-refractivity contribution in [2.45, 2.75) is 32.2 Å². The van der Waals surface area contributed by atoms with Crippen LogP contribution in [0.4, 0.5) is 5.69 Å². The molecule has 26 heavy (non-hydrogen) atoms. The van der Waals surface area contributed by atoms with Crippen LogP contribution in [0.1, 0.15) is 34.3 Å². The van der Waals surface area contributed by atoms with Gasteiger partial charge in [0.05, 0.1) is 4.92 Å². The Morgan fingerprint density at radius 1 is 1.19 bits per heavy atom. The lowest BCUT2D eigenvalue weighted by atomic mass is 10.0. The second kappa shape index (κ2) is 8.75. The lowest BCUT2D eigenvalue weighted by Crippen LogP contribution is -2.37. The van der Waals surface area contributed by atoms with E-state index >= 15 is 0 Å². The molecule has 0 radical (unpaired) electrons. The van der Waals surface area contributed by atoms with Crippen molar-refractivity contribution < 1.29 is 19.6 Å². The van der Waals surface area contributed by atoms with Gasteiger partial charge in [0.25, 0.3) is 11.6 Å². The van der Waals surface area contributed by atoms with Crippen LogP contribution in [-0.2, 0) is 11.2 Å². The summed E-state index contributed by atoms with van der Waals surface area (Å²) in [5.74, 6) is -1.39. The van der Waals surface area contributed by atoms with Gasteiger partial charge in [0, 0.05) is 30.2 Å². The molecule has 0 saturated carbocycles. The van der Waals surface area contributed by atoms with Gasteiger partial charge in [-0.1, -0.05) is 36.4 Å². The standard InChI is InChI=1S/C19H20N2O5/c1-13-7-9-16(21(25)26)12-17(13)19(24)20-15(8-10-18(22)23)11-14-5-3-2-4-6-14/h2-7,9,12,15H,8,10-11H2,1H3,(H,20,24)(H,22,23). The number of nitro benzene ring substituents is 1. The predicted molar refractivity (Wildman–Crippen MR) is 96.1 cm³/mol. The van der Waals surface area contributed by atoms with E-state index in [0.29, 0.717) is 12.0 Å². The van der Waals surface area contributed by atoms with Gasteiger partial charge in [-0.3, -0.25) is 19.7 Å². The fourth-order valence-electron chi connectivity index (χ4n) is 2.65. The summed E-state index contributed by atoms with van der Waals surface area (Å²) in [4.78, 5) is 33.9. The van der Waals surface area contributed by atoms with Gasteiger partial charge in [0.15, 0.2) is 0 Å². The zero-order valence-electron chi connectivity index (χ0n) is 14.3. The Balaban J connectivity index is 2.18. The van der Waals surface area contributed by atoms with Gasteiger partial charge in [-0.25, -0.2) is 0 Å². The number of nitrogens with zero attached hydrogens (tertiary/aromatic N) is 1. The summed E-state index contributed by atoms with van der Waals surface area (Å²) in [5.41, 5.74) is 1.64. The number of amides is 1. The van der Waals surface area contributed by atoms with Crippen molar-refractivity contribution in [3.63, 3.8) is 0 Å². The summed E-state index contributed by atoms with van der Waals surface area (Å²) < 4.78 is 0. The van der Waals surface area contributed by atoms with E-state index in [1.807, 2.05) is 30.3 Å². The van der Waals surface area contributed by atoms with Crippen molar-refractivity contribution in [1.29, 1.82) is 0 Å². The van der Waals surface area contributed by atoms with E-state index in [1.54, 1.807) is 6.92 Å². The molecule has 2 aromatic carbocycles. The molecule has 0 spiro atoms. The number of aryl methyl sites for hydroxylation is 1. The smallest absolute Gasteiger partial charge is 0.303 e. The van der Waals surface area contributed by atoms with Gasteiger partial charge >= 0.3 is 5.97 Å². The molecule has 0 aromatic heterocycles. The highest BCUT2D eigenvalue weighted by atomic mass is 16.6. The molecule has 0 saturated heterocycles. The van der Waals surface area contributed by atoms with Crippen molar-refractivity contribution in [3.05, 3.63) is 75.3 Å². The zero-order chi connectivity index (χ0) is 19.1. The fraction of sp³-hybridized carbons (Fsp3) is 0.263. The minimum Gasteiger partial charge on any atom is -0.481 e. The molecule has 1 unspecified atom stereocenters. The number of hydrogen-bond acceptors (Lipinski definition) is 4. The molecular formula is C19H20N2O5. The topological polar surface area (TPSA) is 110 Å². The highest BCUT2D eigenvalue weighted by Gasteiger charge is 2.19. The summed E-state index contributed by atoms with van der Waals surface area (Å²) in [6.45, 7) is 1.70. The largest absolute Gasteiger partial charge is 0.481 e. The van der Waals surface area contributed by atoms with Gasteiger partial charge in [-0.05, 0) is 30.9 Å². The molecule has 136 valence electrons. The Hall–Kier alpha value is -3.22. The number of benzene rings is 2. The van der Waals surface area contributed by atoms with Gasteiger partial charge in [0.2, 0.25) is 0 Å². The Bertz CT molecular complexity index is 805. The van der Waals surface area contributed by atoms with E-state index < -0.39 is 16.8 Å². The molecule has 1 amide bonds. The maximum atomic E-state index is 12.6. The van der Waals surface area contributed by atoms with Crippen LogP contribution >= 0.6 is 0 Å². The number of carboxylic acids is 1. The molecule has 0 bridgehead atoms. The number of hydrogen-bond donors (Lipinski definition) is 2. The summed E-state index contributed by atoms with van der Waals surface area (Å²) in [6.07, 6.45) is 0.670. The minimum absolute atomic E-state index is 0.0777. The molecule has 0 fully saturated rings. The average molecular weight is 356 g/mol. The number of nitro groups is 1. The first-order valence-corrected chi connectivity index (χ1v) is 8.18. The maximum Gasteiger partial charge on any atom is 0.303 e. The van der Waals surface area contributed by atoms with Crippen LogP contribution in [0.15, 0.2) is 48.5 Å². The zero-order valence-corrected chi connectivity index (χ0v) is 14.3. The number of carbonyl (C=O) groups excluding carboxylic acids is 1. The molecule has 0 aliphatic heterocycles. The molecule has 7 nitrogen and oxygen atoms in total. The molecule has 0 aliphatic rings. The SMILES string of the molecule is Cc1ccc([N+](=O)[O-])cc1C(=O)NC(CCC(=O)O)Cc1ccccc1. The third-order valence-electron chi connectivity index (χ3n) is 4.04. The Morgan fingerprint density at radius 2 is 1.88 bits per heavy atom. The average Bonchev–Trinajstić information content (AvgIpc) is 2.60. The minimum atomic E-state index is -0.941. The quantitative estimate of drug-likeness (QED) is 0.558. The van der Waals surface area contributed by atoms with E-state index in [-0.39, 0.29) is 30.1 Å². The molecular weight excluding hydrogens is 336 g/mol. The van der Waals surface area contributed by atoms with Crippen molar-refractivity contribution in [2.24, 2.45) is 0 Å². The van der Waals surface area contributed by atoms with E-state index in [9.17, 15) is 19.7 Å². The highest BCUT2D eigenvalue weighted by molar-refractivity contribution is 5.96. The number of carbonyl (C=O) groups is 2. The van der Waals surface area contributed by atoms with E-state index in [0.717, 1.165) is 5.56 Å². The molecule has 7 heteroatoms. The second-order valence-electron chi connectivity index (χ2n) is 6.05. The van der Waals surface area contributed by atoms with E-state index in [4.69, 9.17) is 5.11 Å². The number of aliphatic carboxylic acids is 1. The third-order valence-corrected chi connectivity index (χ3v) is 4.04. The Morgan fingerprint density at radius 3 is 2.50 bits per heavy atom. The highest BCUT2D eigenvalue weighted by Crippen LogP contribution is 2.18. The first-order chi connectivity index (χ1) is 12.4. The van der Waals surface area contributed by atoms with Crippen molar-refractivity contribution in [3.8, 4) is 0 Å². The monoisotopic (exact) mass is 356 g/mol. The van der Waals surface area contributed by atoms with Crippen LogP contribution < -0.4 is 5.32 Å². The summed E-state index contributed by atoms with van der Waals surface area (Å²) in [7, 11) is 0. The lowest BCUT2D eigenvalue weighted by molar-refractivity contribution is -0.384. The van der Waals surface area contributed by atoms with Crippen LogP contribution in [0, 0.1) is 17.0 Å². The summed E-state index contributed by atoms with van der Waals surface area (Å²) in [6, 6.07) is 13.1.